The molecule has 0 unspecified atom stereocenters. The van der Waals surface area contributed by atoms with Crippen molar-refractivity contribution in [1.82, 2.24) is 0 Å². The maximum atomic E-state index is 12.4. The third-order valence-electron chi connectivity index (χ3n) is 6.38. The summed E-state index contributed by atoms with van der Waals surface area (Å²) in [4.78, 5) is 23.5. The van der Waals surface area contributed by atoms with Crippen LogP contribution in [0, 0.1) is 23.2 Å². The molecule has 1 aliphatic rings. The highest BCUT2D eigenvalue weighted by atomic mass is 16.5. The van der Waals surface area contributed by atoms with E-state index in [1.54, 1.807) is 36.4 Å². The van der Waals surface area contributed by atoms with Gasteiger partial charge in [-0.1, -0.05) is 56.5 Å². The van der Waals surface area contributed by atoms with Crippen LogP contribution in [0.3, 0.4) is 0 Å². The van der Waals surface area contributed by atoms with Crippen LogP contribution in [0.25, 0.3) is 0 Å². The molecule has 2 aromatic carbocycles. The van der Waals surface area contributed by atoms with Crippen LogP contribution >= 0.6 is 0 Å². The van der Waals surface area contributed by atoms with Crippen molar-refractivity contribution in [2.75, 3.05) is 6.61 Å². The van der Waals surface area contributed by atoms with Crippen molar-refractivity contribution in [3.63, 3.8) is 0 Å². The average molecular weight is 446 g/mol. The Morgan fingerprint density at radius 3 is 2.33 bits per heavy atom. The van der Waals surface area contributed by atoms with E-state index in [2.05, 4.69) is 6.58 Å². The van der Waals surface area contributed by atoms with Crippen LogP contribution < -0.4 is 4.74 Å². The number of ether oxygens (including phenoxy) is 2. The van der Waals surface area contributed by atoms with E-state index in [0.29, 0.717) is 17.7 Å². The number of carbonyl (C=O) groups is 2. The predicted molar refractivity (Wildman–Crippen MR) is 127 cm³/mol. The minimum absolute atomic E-state index is 0.280. The van der Waals surface area contributed by atoms with Gasteiger partial charge in [-0.05, 0) is 67.3 Å². The summed E-state index contributed by atoms with van der Waals surface area (Å²) >= 11 is 0. The number of hydrogen-bond acceptors (Lipinski definition) is 5. The number of nitrogens with zero attached hydrogens (tertiary/aromatic N) is 1. The largest absolute Gasteiger partial charge is 0.463 e. The molecule has 0 aromatic heterocycles. The van der Waals surface area contributed by atoms with Crippen LogP contribution in [-0.2, 0) is 16.0 Å². The van der Waals surface area contributed by atoms with E-state index < -0.39 is 5.97 Å². The first-order chi connectivity index (χ1) is 16.1. The monoisotopic (exact) mass is 445 g/mol. The van der Waals surface area contributed by atoms with Crippen LogP contribution in [0.4, 0.5) is 0 Å². The fourth-order valence-corrected chi connectivity index (χ4v) is 4.40. The van der Waals surface area contributed by atoms with Gasteiger partial charge < -0.3 is 9.47 Å². The van der Waals surface area contributed by atoms with Crippen molar-refractivity contribution in [2.24, 2.45) is 11.8 Å². The van der Waals surface area contributed by atoms with Gasteiger partial charge in [0.05, 0.1) is 17.7 Å². The van der Waals surface area contributed by atoms with E-state index in [4.69, 9.17) is 14.7 Å². The molecule has 1 aliphatic carbocycles. The van der Waals surface area contributed by atoms with Crippen LogP contribution in [-0.4, -0.2) is 18.5 Å². The first kappa shape index (κ1) is 24.3. The Morgan fingerprint density at radius 2 is 1.67 bits per heavy atom. The Kier molecular flexibility index (Phi) is 9.26. The summed E-state index contributed by atoms with van der Waals surface area (Å²) in [6.07, 6.45) is 10.4. The summed E-state index contributed by atoms with van der Waals surface area (Å²) in [5.74, 6) is 0.962. The van der Waals surface area contributed by atoms with Gasteiger partial charge in [0.1, 0.15) is 11.8 Å². The highest BCUT2D eigenvalue weighted by Crippen LogP contribution is 2.34. The second kappa shape index (κ2) is 12.6. The maximum Gasteiger partial charge on any atom is 0.343 e. The Morgan fingerprint density at radius 1 is 1.00 bits per heavy atom. The Balaban J connectivity index is 1.38. The highest BCUT2D eigenvalue weighted by Gasteiger charge is 2.21. The number of benzene rings is 2. The van der Waals surface area contributed by atoms with Crippen molar-refractivity contribution in [3.05, 3.63) is 77.9 Å². The van der Waals surface area contributed by atoms with Gasteiger partial charge in [0.2, 0.25) is 0 Å². The number of nitriles is 1. The number of para-hydroxylation sites is 1. The summed E-state index contributed by atoms with van der Waals surface area (Å²) < 4.78 is 10.4. The van der Waals surface area contributed by atoms with Crippen LogP contribution in [0.1, 0.15) is 66.4 Å². The van der Waals surface area contributed by atoms with Gasteiger partial charge in [-0.2, -0.15) is 5.26 Å². The summed E-state index contributed by atoms with van der Waals surface area (Å²) in [7, 11) is 0. The zero-order valence-corrected chi connectivity index (χ0v) is 19.0. The van der Waals surface area contributed by atoms with Gasteiger partial charge in [-0.25, -0.2) is 9.59 Å². The zero-order valence-electron chi connectivity index (χ0n) is 19.0. The number of hydrogen-bond donors (Lipinski definition) is 0. The molecule has 0 radical (unpaired) electrons. The fourth-order valence-electron chi connectivity index (χ4n) is 4.40. The molecule has 5 heteroatoms. The van der Waals surface area contributed by atoms with Crippen molar-refractivity contribution in [2.45, 2.75) is 51.4 Å². The minimum Gasteiger partial charge on any atom is -0.463 e. The smallest absolute Gasteiger partial charge is 0.343 e. The lowest BCUT2D eigenvalue weighted by Gasteiger charge is -2.28. The molecule has 3 rings (SSSR count). The van der Waals surface area contributed by atoms with Gasteiger partial charge in [0.25, 0.3) is 0 Å². The molecule has 0 saturated heterocycles. The number of aryl methyl sites for hydroxylation is 1. The quantitative estimate of drug-likeness (QED) is 0.193. The molecule has 33 heavy (non-hydrogen) atoms. The molecule has 1 fully saturated rings. The fraction of sp³-hybridized carbons (Fsp3) is 0.393. The van der Waals surface area contributed by atoms with Gasteiger partial charge in [-0.15, -0.1) is 0 Å². The second-order valence-corrected chi connectivity index (χ2v) is 8.63. The molecule has 5 nitrogen and oxygen atoms in total. The van der Waals surface area contributed by atoms with Gasteiger partial charge in [0, 0.05) is 6.08 Å². The molecule has 0 heterocycles. The zero-order chi connectivity index (χ0) is 23.5. The van der Waals surface area contributed by atoms with E-state index in [1.165, 1.54) is 37.3 Å². The summed E-state index contributed by atoms with van der Waals surface area (Å²) in [6.45, 7) is 3.89. The second-order valence-electron chi connectivity index (χ2n) is 8.63. The van der Waals surface area contributed by atoms with Crippen LogP contribution in [0.15, 0.2) is 61.2 Å². The van der Waals surface area contributed by atoms with Gasteiger partial charge in [-0.3, -0.25) is 0 Å². The lowest BCUT2D eigenvalue weighted by molar-refractivity contribution is -0.137. The molecule has 172 valence electrons. The molecular weight excluding hydrogens is 414 g/mol. The molecular formula is C28H31NO4. The van der Waals surface area contributed by atoms with Crippen molar-refractivity contribution in [3.8, 4) is 11.8 Å². The third-order valence-corrected chi connectivity index (χ3v) is 6.38. The molecule has 0 aliphatic heterocycles. The first-order valence-electron chi connectivity index (χ1n) is 11.7. The lowest BCUT2D eigenvalue weighted by atomic mass is 9.78. The van der Waals surface area contributed by atoms with Crippen LogP contribution in [0.2, 0.25) is 0 Å². The number of rotatable bonds is 10. The van der Waals surface area contributed by atoms with E-state index in [-0.39, 0.29) is 11.7 Å². The predicted octanol–water partition coefficient (Wildman–Crippen LogP) is 6.03. The van der Waals surface area contributed by atoms with E-state index in [1.807, 2.05) is 18.2 Å². The summed E-state index contributed by atoms with van der Waals surface area (Å²) in [5, 5.41) is 9.13. The lowest BCUT2D eigenvalue weighted by Crippen LogP contribution is -2.16. The molecule has 0 spiro atoms. The topological polar surface area (TPSA) is 76.4 Å². The van der Waals surface area contributed by atoms with Crippen molar-refractivity contribution in [1.29, 1.82) is 5.26 Å². The molecule has 0 N–H and O–H groups in total. The standard InChI is InChI=1S/C28H31NO4/c1-2-27(30)32-19-5-6-21-9-11-22(12-10-21)13-14-23-15-17-24(18-16-23)28(31)33-26-8-4-3-7-25(26)20-29/h2-4,7-8,15-18,21-22H,1,5-6,9-14,19H2. The maximum absolute atomic E-state index is 12.4. The minimum atomic E-state index is -0.457. The molecule has 0 atom stereocenters. The Labute approximate surface area is 196 Å². The normalized spacial score (nSPS) is 17.5. The first-order valence-corrected chi connectivity index (χ1v) is 11.7. The third kappa shape index (κ3) is 7.61. The number of esters is 2. The summed E-state index contributed by atoms with van der Waals surface area (Å²) in [5.41, 5.74) is 2.04. The average Bonchev–Trinajstić information content (AvgIpc) is 2.86. The molecule has 0 amide bonds. The molecule has 2 aromatic rings. The van der Waals surface area contributed by atoms with Gasteiger partial charge >= 0.3 is 11.9 Å². The number of carbonyl (C=O) groups excluding carboxylic acids is 2. The Bertz CT molecular complexity index is 982. The summed E-state index contributed by atoms with van der Waals surface area (Å²) in [6, 6.07) is 16.3. The van der Waals surface area contributed by atoms with E-state index >= 15 is 0 Å². The Hall–Kier alpha value is -3.39. The molecule has 0 bridgehead atoms. The molecule has 1 saturated carbocycles. The van der Waals surface area contributed by atoms with E-state index in [9.17, 15) is 9.59 Å². The van der Waals surface area contributed by atoms with Crippen molar-refractivity contribution >= 4 is 11.9 Å². The van der Waals surface area contributed by atoms with Gasteiger partial charge in [0.15, 0.2) is 0 Å². The van der Waals surface area contributed by atoms with Crippen LogP contribution in [0.5, 0.6) is 5.75 Å². The van der Waals surface area contributed by atoms with E-state index in [0.717, 1.165) is 37.5 Å². The van der Waals surface area contributed by atoms with Crippen molar-refractivity contribution < 1.29 is 19.1 Å². The highest BCUT2D eigenvalue weighted by molar-refractivity contribution is 5.91. The SMILES string of the molecule is C=CC(=O)OCCCC1CCC(CCc2ccc(C(=O)Oc3ccccc3C#N)cc2)CC1.